The van der Waals surface area contributed by atoms with Crippen LogP contribution in [0.4, 0.5) is 0 Å². The van der Waals surface area contributed by atoms with E-state index >= 15 is 0 Å². The van der Waals surface area contributed by atoms with Gasteiger partial charge in [-0.3, -0.25) is 9.78 Å². The van der Waals surface area contributed by atoms with Gasteiger partial charge in [0.25, 0.3) is 5.91 Å². The second-order valence-corrected chi connectivity index (χ2v) is 5.32. The van der Waals surface area contributed by atoms with E-state index in [9.17, 15) is 4.79 Å². The highest BCUT2D eigenvalue weighted by Crippen LogP contribution is 2.33. The molecule has 2 aliphatic rings. The number of nitrogens with zero attached hydrogens (tertiary/aromatic N) is 2. The van der Waals surface area contributed by atoms with Gasteiger partial charge in [-0.25, -0.2) is 0 Å². The molecule has 0 aliphatic carbocycles. The molecule has 1 aromatic carbocycles. The van der Waals surface area contributed by atoms with Gasteiger partial charge in [-0.1, -0.05) is 0 Å². The fourth-order valence-electron chi connectivity index (χ4n) is 2.76. The maximum atomic E-state index is 12.6. The summed E-state index contributed by atoms with van der Waals surface area (Å²) in [5.41, 5.74) is 3.90. The first-order chi connectivity index (χ1) is 10.2. The van der Waals surface area contributed by atoms with Gasteiger partial charge in [-0.05, 0) is 42.3 Å². The summed E-state index contributed by atoms with van der Waals surface area (Å²) in [6, 6.07) is 7.35. The monoisotopic (exact) mass is 282 g/mol. The van der Waals surface area contributed by atoms with Crippen molar-refractivity contribution in [3.63, 3.8) is 0 Å². The molecular formula is C16H14N2O3. The normalized spacial score (nSPS) is 15.2. The van der Waals surface area contributed by atoms with Crippen LogP contribution in [0.15, 0.2) is 30.5 Å². The highest BCUT2D eigenvalue weighted by atomic mass is 16.7. The van der Waals surface area contributed by atoms with Gasteiger partial charge in [0.2, 0.25) is 6.79 Å². The fourth-order valence-corrected chi connectivity index (χ4v) is 2.76. The van der Waals surface area contributed by atoms with E-state index in [0.29, 0.717) is 30.2 Å². The van der Waals surface area contributed by atoms with Crippen LogP contribution < -0.4 is 9.47 Å². The zero-order valence-electron chi connectivity index (χ0n) is 11.6. The van der Waals surface area contributed by atoms with Gasteiger partial charge in [-0.2, -0.15) is 0 Å². The molecular weight excluding hydrogens is 268 g/mol. The number of fused-ring (bicyclic) bond motifs is 2. The second kappa shape index (κ2) is 4.48. The Hall–Kier alpha value is -2.56. The number of carbonyl (C=O) groups excluding carboxylic acids is 1. The van der Waals surface area contributed by atoms with Crippen molar-refractivity contribution in [2.24, 2.45) is 0 Å². The summed E-state index contributed by atoms with van der Waals surface area (Å²) in [5.74, 6) is 1.33. The van der Waals surface area contributed by atoms with Gasteiger partial charge in [0, 0.05) is 30.5 Å². The van der Waals surface area contributed by atoms with E-state index in [1.165, 1.54) is 5.56 Å². The molecule has 0 N–H and O–H groups in total. The van der Waals surface area contributed by atoms with Crippen molar-refractivity contribution < 1.29 is 14.3 Å². The average Bonchev–Trinajstić information content (AvgIpc) is 3.11. The molecule has 4 rings (SSSR count). The summed E-state index contributed by atoms with van der Waals surface area (Å²) >= 11 is 0. The minimum Gasteiger partial charge on any atom is -0.454 e. The maximum Gasteiger partial charge on any atom is 0.254 e. The largest absolute Gasteiger partial charge is 0.454 e. The first-order valence-electron chi connectivity index (χ1n) is 6.84. The zero-order valence-corrected chi connectivity index (χ0v) is 11.6. The minimum absolute atomic E-state index is 0.00199. The van der Waals surface area contributed by atoms with Crippen molar-refractivity contribution in [2.75, 3.05) is 6.79 Å². The number of aromatic nitrogens is 1. The lowest BCUT2D eigenvalue weighted by Crippen LogP contribution is -2.25. The predicted octanol–water partition coefficient (Wildman–Crippen LogP) is 2.27. The molecule has 21 heavy (non-hydrogen) atoms. The third-order valence-corrected chi connectivity index (χ3v) is 3.85. The van der Waals surface area contributed by atoms with Crippen molar-refractivity contribution in [1.29, 1.82) is 0 Å². The third kappa shape index (κ3) is 2.01. The average molecular weight is 282 g/mol. The number of hydrogen-bond donors (Lipinski definition) is 0. The van der Waals surface area contributed by atoms with E-state index in [4.69, 9.17) is 9.47 Å². The van der Waals surface area contributed by atoms with E-state index in [0.717, 1.165) is 11.3 Å². The molecule has 0 atom stereocenters. The van der Waals surface area contributed by atoms with Crippen molar-refractivity contribution >= 4 is 5.91 Å². The van der Waals surface area contributed by atoms with Crippen molar-refractivity contribution in [3.05, 3.63) is 52.8 Å². The Bertz CT molecular complexity index is 742. The maximum absolute atomic E-state index is 12.6. The number of rotatable bonds is 1. The number of carbonyl (C=O) groups is 1. The number of amides is 1. The molecule has 2 aromatic rings. The summed E-state index contributed by atoms with van der Waals surface area (Å²) in [4.78, 5) is 18.7. The van der Waals surface area contributed by atoms with Crippen molar-refractivity contribution in [3.8, 4) is 11.5 Å². The summed E-state index contributed by atoms with van der Waals surface area (Å²) in [6.45, 7) is 3.41. The lowest BCUT2D eigenvalue weighted by atomic mass is 10.1. The van der Waals surface area contributed by atoms with Crippen LogP contribution in [-0.4, -0.2) is 22.6 Å². The lowest BCUT2D eigenvalue weighted by molar-refractivity contribution is 0.0751. The van der Waals surface area contributed by atoms with Gasteiger partial charge in [0.1, 0.15) is 0 Å². The molecule has 0 bridgehead atoms. The SMILES string of the molecule is Cc1cc2c(cn1)CN(C(=O)c1ccc3c(c1)OCO3)C2. The Labute approximate surface area is 122 Å². The molecule has 0 saturated heterocycles. The van der Waals surface area contributed by atoms with Crippen LogP contribution in [0.25, 0.3) is 0 Å². The standard InChI is InChI=1S/C16H14N2O3/c1-10-4-12-7-18(8-13(12)6-17-10)16(19)11-2-3-14-15(5-11)21-9-20-14/h2-6H,7-9H2,1H3. The van der Waals surface area contributed by atoms with Gasteiger partial charge < -0.3 is 14.4 Å². The lowest BCUT2D eigenvalue weighted by Gasteiger charge is -2.15. The Morgan fingerprint density at radius 1 is 1.14 bits per heavy atom. The van der Waals surface area contributed by atoms with Crippen LogP contribution in [0.2, 0.25) is 0 Å². The summed E-state index contributed by atoms with van der Waals surface area (Å²) < 4.78 is 10.6. The van der Waals surface area contributed by atoms with E-state index in [1.807, 2.05) is 24.1 Å². The first kappa shape index (κ1) is 12.2. The van der Waals surface area contributed by atoms with E-state index < -0.39 is 0 Å². The third-order valence-electron chi connectivity index (χ3n) is 3.85. The zero-order chi connectivity index (χ0) is 14.4. The van der Waals surface area contributed by atoms with Crippen LogP contribution >= 0.6 is 0 Å². The highest BCUT2D eigenvalue weighted by molar-refractivity contribution is 5.95. The Morgan fingerprint density at radius 3 is 2.86 bits per heavy atom. The molecule has 0 unspecified atom stereocenters. The summed E-state index contributed by atoms with van der Waals surface area (Å²) in [6.07, 6.45) is 1.86. The molecule has 5 heteroatoms. The fraction of sp³-hybridized carbons (Fsp3) is 0.250. The number of aryl methyl sites for hydroxylation is 1. The van der Waals surface area contributed by atoms with Crippen LogP contribution in [0.5, 0.6) is 11.5 Å². The van der Waals surface area contributed by atoms with Crippen molar-refractivity contribution in [1.82, 2.24) is 9.88 Å². The molecule has 106 valence electrons. The molecule has 3 heterocycles. The number of ether oxygens (including phenoxy) is 2. The molecule has 1 aromatic heterocycles. The van der Waals surface area contributed by atoms with E-state index in [2.05, 4.69) is 4.98 Å². The molecule has 0 saturated carbocycles. The van der Waals surface area contributed by atoms with Crippen molar-refractivity contribution in [2.45, 2.75) is 20.0 Å². The predicted molar refractivity (Wildman–Crippen MR) is 75.1 cm³/mol. The number of benzene rings is 1. The Balaban J connectivity index is 1.59. The Morgan fingerprint density at radius 2 is 1.95 bits per heavy atom. The van der Waals surface area contributed by atoms with Gasteiger partial charge in [-0.15, -0.1) is 0 Å². The second-order valence-electron chi connectivity index (χ2n) is 5.32. The van der Waals surface area contributed by atoms with Gasteiger partial charge >= 0.3 is 0 Å². The topological polar surface area (TPSA) is 51.7 Å². The molecule has 2 aliphatic heterocycles. The molecule has 0 fully saturated rings. The Kier molecular flexibility index (Phi) is 2.60. The van der Waals surface area contributed by atoms with Crippen LogP contribution in [0.1, 0.15) is 27.2 Å². The van der Waals surface area contributed by atoms with Gasteiger partial charge in [0.05, 0.1) is 0 Å². The number of hydrogen-bond acceptors (Lipinski definition) is 4. The first-order valence-corrected chi connectivity index (χ1v) is 6.84. The molecule has 0 radical (unpaired) electrons. The van der Waals surface area contributed by atoms with Crippen LogP contribution in [-0.2, 0) is 13.1 Å². The summed E-state index contributed by atoms with van der Waals surface area (Å²) in [7, 11) is 0. The van der Waals surface area contributed by atoms with Crippen LogP contribution in [0.3, 0.4) is 0 Å². The summed E-state index contributed by atoms with van der Waals surface area (Å²) in [5, 5.41) is 0. The van der Waals surface area contributed by atoms with E-state index in [1.54, 1.807) is 18.2 Å². The molecule has 1 amide bonds. The van der Waals surface area contributed by atoms with E-state index in [-0.39, 0.29) is 12.7 Å². The smallest absolute Gasteiger partial charge is 0.254 e. The number of pyridine rings is 1. The highest BCUT2D eigenvalue weighted by Gasteiger charge is 2.26. The molecule has 5 nitrogen and oxygen atoms in total. The molecule has 0 spiro atoms. The minimum atomic E-state index is 0.00199. The van der Waals surface area contributed by atoms with Gasteiger partial charge in [0.15, 0.2) is 11.5 Å². The van der Waals surface area contributed by atoms with Crippen LogP contribution in [0, 0.1) is 6.92 Å². The quantitative estimate of drug-likeness (QED) is 0.805.